The molecule has 0 atom stereocenters. The van der Waals surface area contributed by atoms with Crippen LogP contribution in [0.4, 0.5) is 0 Å². The van der Waals surface area contributed by atoms with E-state index in [0.717, 1.165) is 18.6 Å². The Kier molecular flexibility index (Phi) is 5.65. The van der Waals surface area contributed by atoms with Crippen LogP contribution in [0.2, 0.25) is 0 Å². The van der Waals surface area contributed by atoms with Crippen LogP contribution in [0.5, 0.6) is 5.75 Å². The summed E-state index contributed by atoms with van der Waals surface area (Å²) in [5, 5.41) is 0. The van der Waals surface area contributed by atoms with Crippen LogP contribution in [0.15, 0.2) is 48.5 Å². The molecule has 2 aromatic carbocycles. The molecule has 0 saturated heterocycles. The molecule has 2 rings (SSSR count). The number of benzene rings is 2. The molecule has 0 bridgehead atoms. The molecule has 0 aliphatic heterocycles. The highest BCUT2D eigenvalue weighted by Crippen LogP contribution is 2.09. The molecule has 0 aromatic heterocycles. The Morgan fingerprint density at radius 3 is 2.60 bits per heavy atom. The Bertz CT molecular complexity index is 508. The van der Waals surface area contributed by atoms with Crippen molar-refractivity contribution in [1.29, 1.82) is 0 Å². The Balaban J connectivity index is 1.57. The summed E-state index contributed by atoms with van der Waals surface area (Å²) in [6.07, 6.45) is 1.61. The third-order valence-corrected chi connectivity index (χ3v) is 2.65. The van der Waals surface area contributed by atoms with E-state index in [0.29, 0.717) is 18.8 Å². The second-order valence-electron chi connectivity index (χ2n) is 4.21. The lowest BCUT2D eigenvalue weighted by Crippen LogP contribution is -2.07. The predicted molar refractivity (Wildman–Crippen MR) is 75.6 cm³/mol. The molecule has 20 heavy (non-hydrogen) atoms. The van der Waals surface area contributed by atoms with E-state index in [2.05, 4.69) is 12.1 Å². The molecule has 0 unspecified atom stereocenters. The second kappa shape index (κ2) is 8.00. The largest absolute Gasteiger partial charge is 0.494 e. The van der Waals surface area contributed by atoms with E-state index >= 15 is 0 Å². The average molecular weight is 268 g/mol. The van der Waals surface area contributed by atoms with Gasteiger partial charge < -0.3 is 9.47 Å². The molecule has 3 nitrogen and oxygen atoms in total. The fourth-order valence-electron chi connectivity index (χ4n) is 1.62. The lowest BCUT2D eigenvalue weighted by Gasteiger charge is -2.06. The summed E-state index contributed by atoms with van der Waals surface area (Å²) in [6, 6.07) is 20.2. The van der Waals surface area contributed by atoms with Crippen LogP contribution in [0.1, 0.15) is 23.2 Å². The Hall–Kier alpha value is -2.29. The SMILES string of the molecule is O=C(OCCCCOc1ccccc1)c1[c]cc[c]c1. The highest BCUT2D eigenvalue weighted by Gasteiger charge is 2.05. The first-order chi connectivity index (χ1) is 9.86. The number of para-hydroxylation sites is 1. The molecule has 2 aromatic rings. The first kappa shape index (κ1) is 14.1. The molecule has 0 aliphatic carbocycles. The van der Waals surface area contributed by atoms with Gasteiger partial charge in [-0.25, -0.2) is 4.79 Å². The van der Waals surface area contributed by atoms with Gasteiger partial charge in [0, 0.05) is 0 Å². The van der Waals surface area contributed by atoms with Crippen LogP contribution in [0.25, 0.3) is 0 Å². The third kappa shape index (κ3) is 4.76. The van der Waals surface area contributed by atoms with E-state index in [1.54, 1.807) is 18.2 Å². The van der Waals surface area contributed by atoms with Gasteiger partial charge in [-0.05, 0) is 43.2 Å². The van der Waals surface area contributed by atoms with Crippen molar-refractivity contribution in [3.63, 3.8) is 0 Å². The fraction of sp³-hybridized carbons (Fsp3) is 0.235. The highest BCUT2D eigenvalue weighted by molar-refractivity contribution is 5.88. The molecule has 0 amide bonds. The summed E-state index contributed by atoms with van der Waals surface area (Å²) in [4.78, 5) is 11.6. The van der Waals surface area contributed by atoms with Crippen LogP contribution in [0, 0.1) is 12.1 Å². The van der Waals surface area contributed by atoms with Crippen molar-refractivity contribution < 1.29 is 14.3 Å². The van der Waals surface area contributed by atoms with Gasteiger partial charge in [0.25, 0.3) is 0 Å². The number of ether oxygens (including phenoxy) is 2. The van der Waals surface area contributed by atoms with Crippen LogP contribution in [0.3, 0.4) is 0 Å². The van der Waals surface area contributed by atoms with E-state index in [1.807, 2.05) is 30.3 Å². The van der Waals surface area contributed by atoms with Crippen molar-refractivity contribution in [2.24, 2.45) is 0 Å². The molecule has 0 fully saturated rings. The maximum atomic E-state index is 11.6. The van der Waals surface area contributed by atoms with Gasteiger partial charge in [0.1, 0.15) is 5.75 Å². The van der Waals surface area contributed by atoms with E-state index in [-0.39, 0.29) is 5.97 Å². The Morgan fingerprint density at radius 1 is 1.05 bits per heavy atom. The van der Waals surface area contributed by atoms with Gasteiger partial charge >= 0.3 is 5.97 Å². The number of hydrogen-bond acceptors (Lipinski definition) is 3. The smallest absolute Gasteiger partial charge is 0.338 e. The van der Waals surface area contributed by atoms with E-state index in [1.165, 1.54) is 0 Å². The van der Waals surface area contributed by atoms with Gasteiger partial charge in [-0.3, -0.25) is 0 Å². The van der Waals surface area contributed by atoms with Crippen molar-refractivity contribution in [3.05, 3.63) is 66.2 Å². The minimum atomic E-state index is -0.356. The van der Waals surface area contributed by atoms with Crippen LogP contribution in [-0.4, -0.2) is 19.2 Å². The summed E-state index contributed by atoms with van der Waals surface area (Å²) in [7, 11) is 0. The van der Waals surface area contributed by atoms with Crippen molar-refractivity contribution in [2.45, 2.75) is 12.8 Å². The fourth-order valence-corrected chi connectivity index (χ4v) is 1.62. The zero-order valence-corrected chi connectivity index (χ0v) is 11.2. The molecule has 0 spiro atoms. The molecule has 0 saturated carbocycles. The summed E-state index contributed by atoms with van der Waals surface area (Å²) >= 11 is 0. The zero-order chi connectivity index (χ0) is 14.0. The summed E-state index contributed by atoms with van der Waals surface area (Å²) in [6.45, 7) is 1.01. The van der Waals surface area contributed by atoms with Gasteiger partial charge in [0.2, 0.25) is 0 Å². The standard InChI is InChI=1S/C17H16O3/c18-17(15-9-3-1-4-10-15)20-14-8-7-13-19-16-11-5-2-6-12-16/h1-3,5-6,10-12H,7-8,13-14H2. The topological polar surface area (TPSA) is 35.5 Å². The van der Waals surface area contributed by atoms with Crippen LogP contribution >= 0.6 is 0 Å². The van der Waals surface area contributed by atoms with Crippen LogP contribution < -0.4 is 4.74 Å². The highest BCUT2D eigenvalue weighted by atomic mass is 16.5. The molecular weight excluding hydrogens is 252 g/mol. The van der Waals surface area contributed by atoms with Gasteiger partial charge in [0.05, 0.1) is 18.8 Å². The minimum Gasteiger partial charge on any atom is -0.494 e. The Labute approximate surface area is 119 Å². The third-order valence-electron chi connectivity index (χ3n) is 2.65. The average Bonchev–Trinajstić information content (AvgIpc) is 2.52. The van der Waals surface area contributed by atoms with Crippen molar-refractivity contribution >= 4 is 5.97 Å². The van der Waals surface area contributed by atoms with Gasteiger partial charge in [-0.2, -0.15) is 0 Å². The molecular formula is C17H16O3. The van der Waals surface area contributed by atoms with Gasteiger partial charge in [-0.15, -0.1) is 0 Å². The molecule has 3 heteroatoms. The number of carbonyl (C=O) groups excluding carboxylic acids is 1. The van der Waals surface area contributed by atoms with Crippen molar-refractivity contribution in [1.82, 2.24) is 0 Å². The molecule has 0 heterocycles. The first-order valence-electron chi connectivity index (χ1n) is 6.59. The van der Waals surface area contributed by atoms with E-state index in [9.17, 15) is 4.79 Å². The normalized spacial score (nSPS) is 10.0. The monoisotopic (exact) mass is 268 g/mol. The zero-order valence-electron chi connectivity index (χ0n) is 11.2. The number of hydrogen-bond donors (Lipinski definition) is 0. The second-order valence-corrected chi connectivity index (χ2v) is 4.21. The van der Waals surface area contributed by atoms with E-state index < -0.39 is 0 Å². The van der Waals surface area contributed by atoms with E-state index in [4.69, 9.17) is 9.47 Å². The molecule has 0 aliphatic rings. The summed E-state index contributed by atoms with van der Waals surface area (Å²) in [5.74, 6) is 0.504. The number of carbonyl (C=O) groups is 1. The number of unbranched alkanes of at least 4 members (excludes halogenated alkanes) is 1. The van der Waals surface area contributed by atoms with Gasteiger partial charge in [0.15, 0.2) is 0 Å². The molecule has 2 radical (unpaired) electrons. The van der Waals surface area contributed by atoms with Crippen molar-refractivity contribution in [2.75, 3.05) is 13.2 Å². The lowest BCUT2D eigenvalue weighted by atomic mass is 10.2. The predicted octanol–water partition coefficient (Wildman–Crippen LogP) is 3.30. The maximum absolute atomic E-state index is 11.6. The quantitative estimate of drug-likeness (QED) is 0.571. The summed E-state index contributed by atoms with van der Waals surface area (Å²) in [5.41, 5.74) is 0.410. The number of esters is 1. The minimum absolute atomic E-state index is 0.356. The van der Waals surface area contributed by atoms with Crippen molar-refractivity contribution in [3.8, 4) is 5.75 Å². The summed E-state index contributed by atoms with van der Waals surface area (Å²) < 4.78 is 10.7. The van der Waals surface area contributed by atoms with Crippen LogP contribution in [-0.2, 0) is 4.74 Å². The molecule has 102 valence electrons. The first-order valence-corrected chi connectivity index (χ1v) is 6.59. The lowest BCUT2D eigenvalue weighted by molar-refractivity contribution is 0.0493. The Morgan fingerprint density at radius 2 is 1.85 bits per heavy atom. The molecule has 0 N–H and O–H groups in total. The van der Waals surface area contributed by atoms with Gasteiger partial charge in [-0.1, -0.05) is 30.3 Å². The maximum Gasteiger partial charge on any atom is 0.338 e. The number of rotatable bonds is 7.